The highest BCUT2D eigenvalue weighted by Crippen LogP contribution is 2.26. The Kier molecular flexibility index (Phi) is 5.02. The zero-order valence-electron chi connectivity index (χ0n) is 9.19. The maximum atomic E-state index is 4.35. The topological polar surface area (TPSA) is 42.7 Å². The Hall–Kier alpha value is -0.320. The fraction of sp³-hybridized carbons (Fsp3) is 0.800. The molecular formula is C10H18Cl2N4. The summed E-state index contributed by atoms with van der Waals surface area (Å²) in [6, 6.07) is 0. The number of piperidine rings is 1. The van der Waals surface area contributed by atoms with Gasteiger partial charge in [0.1, 0.15) is 11.6 Å². The number of nitrogens with one attached hydrogen (secondary N) is 1. The molecular weight excluding hydrogens is 247 g/mol. The minimum Gasteiger partial charge on any atom is -0.317 e. The van der Waals surface area contributed by atoms with Gasteiger partial charge in [0.15, 0.2) is 0 Å². The second-order valence-corrected chi connectivity index (χ2v) is 4.25. The summed E-state index contributed by atoms with van der Waals surface area (Å²) in [7, 11) is 0. The molecule has 2 aliphatic rings. The lowest BCUT2D eigenvalue weighted by molar-refractivity contribution is 0.431. The molecule has 92 valence electrons. The highest BCUT2D eigenvalue weighted by molar-refractivity contribution is 5.85. The van der Waals surface area contributed by atoms with Gasteiger partial charge in [-0.3, -0.25) is 0 Å². The number of halogens is 2. The number of rotatable bonds is 1. The molecule has 3 rings (SSSR count). The first-order valence-electron chi connectivity index (χ1n) is 5.58. The Balaban J connectivity index is 0.000000640. The normalized spacial score (nSPS) is 19.8. The van der Waals surface area contributed by atoms with E-state index in [2.05, 4.69) is 20.1 Å². The summed E-state index contributed by atoms with van der Waals surface area (Å²) < 4.78 is 2.34. The molecule has 0 amide bonds. The molecule has 0 unspecified atom stereocenters. The second-order valence-electron chi connectivity index (χ2n) is 4.25. The molecule has 1 saturated heterocycles. The van der Waals surface area contributed by atoms with Crippen LogP contribution in [0.4, 0.5) is 0 Å². The molecule has 0 aliphatic carbocycles. The van der Waals surface area contributed by atoms with Crippen LogP contribution in [0.15, 0.2) is 0 Å². The molecule has 16 heavy (non-hydrogen) atoms. The van der Waals surface area contributed by atoms with E-state index in [4.69, 9.17) is 0 Å². The average Bonchev–Trinajstić information content (AvgIpc) is 2.79. The molecule has 2 aliphatic heterocycles. The Labute approximate surface area is 108 Å². The Morgan fingerprint density at radius 3 is 2.62 bits per heavy atom. The van der Waals surface area contributed by atoms with E-state index >= 15 is 0 Å². The van der Waals surface area contributed by atoms with Crippen molar-refractivity contribution < 1.29 is 0 Å². The smallest absolute Gasteiger partial charge is 0.136 e. The predicted octanol–water partition coefficient (Wildman–Crippen LogP) is 1.53. The maximum Gasteiger partial charge on any atom is 0.136 e. The molecule has 3 heterocycles. The summed E-state index contributed by atoms with van der Waals surface area (Å²) in [5.74, 6) is 3.10. The molecule has 1 aromatic rings. The van der Waals surface area contributed by atoms with Crippen LogP contribution in [0.5, 0.6) is 0 Å². The summed E-state index contributed by atoms with van der Waals surface area (Å²) in [5, 5.41) is 12.0. The molecule has 1 aromatic heterocycles. The van der Waals surface area contributed by atoms with Crippen molar-refractivity contribution in [2.75, 3.05) is 13.1 Å². The third-order valence-corrected chi connectivity index (χ3v) is 3.34. The molecule has 4 nitrogen and oxygen atoms in total. The van der Waals surface area contributed by atoms with Crippen LogP contribution in [0.2, 0.25) is 0 Å². The lowest BCUT2D eigenvalue weighted by Gasteiger charge is -2.21. The number of aryl methyl sites for hydroxylation is 1. The summed E-state index contributed by atoms with van der Waals surface area (Å²) in [4.78, 5) is 0. The highest BCUT2D eigenvalue weighted by Gasteiger charge is 2.24. The van der Waals surface area contributed by atoms with Gasteiger partial charge in [-0.25, -0.2) is 0 Å². The zero-order valence-corrected chi connectivity index (χ0v) is 10.8. The van der Waals surface area contributed by atoms with Gasteiger partial charge in [-0.05, 0) is 32.4 Å². The summed E-state index contributed by atoms with van der Waals surface area (Å²) in [5.41, 5.74) is 0. The van der Waals surface area contributed by atoms with Crippen molar-refractivity contribution in [3.05, 3.63) is 11.6 Å². The van der Waals surface area contributed by atoms with E-state index in [1.165, 1.54) is 30.9 Å². The van der Waals surface area contributed by atoms with Crippen molar-refractivity contribution in [2.45, 2.75) is 38.1 Å². The van der Waals surface area contributed by atoms with Crippen molar-refractivity contribution in [3.63, 3.8) is 0 Å². The minimum absolute atomic E-state index is 0. The van der Waals surface area contributed by atoms with Gasteiger partial charge in [0, 0.05) is 18.9 Å². The fourth-order valence-electron chi connectivity index (χ4n) is 2.56. The van der Waals surface area contributed by atoms with Gasteiger partial charge in [0.05, 0.1) is 0 Å². The summed E-state index contributed by atoms with van der Waals surface area (Å²) >= 11 is 0. The average molecular weight is 265 g/mol. The van der Waals surface area contributed by atoms with Crippen molar-refractivity contribution >= 4 is 24.8 Å². The monoisotopic (exact) mass is 264 g/mol. The molecule has 0 radical (unpaired) electrons. The van der Waals surface area contributed by atoms with E-state index in [1.54, 1.807) is 0 Å². The number of hydrogen-bond acceptors (Lipinski definition) is 3. The quantitative estimate of drug-likeness (QED) is 0.837. The number of aromatic nitrogens is 3. The van der Waals surface area contributed by atoms with Crippen molar-refractivity contribution in [1.29, 1.82) is 0 Å². The molecule has 0 spiro atoms. The Morgan fingerprint density at radius 1 is 1.12 bits per heavy atom. The highest BCUT2D eigenvalue weighted by atomic mass is 35.5. The third kappa shape index (κ3) is 2.34. The predicted molar refractivity (Wildman–Crippen MR) is 67.7 cm³/mol. The van der Waals surface area contributed by atoms with Crippen LogP contribution < -0.4 is 5.32 Å². The first kappa shape index (κ1) is 13.7. The van der Waals surface area contributed by atoms with Gasteiger partial charge in [0.2, 0.25) is 0 Å². The minimum atomic E-state index is 0. The van der Waals surface area contributed by atoms with Crippen LogP contribution in [0, 0.1) is 0 Å². The molecule has 6 heteroatoms. The van der Waals surface area contributed by atoms with Gasteiger partial charge >= 0.3 is 0 Å². The maximum absolute atomic E-state index is 4.35. The van der Waals surface area contributed by atoms with Crippen LogP contribution in [-0.2, 0) is 13.0 Å². The molecule has 1 fully saturated rings. The van der Waals surface area contributed by atoms with Crippen LogP contribution >= 0.6 is 24.8 Å². The van der Waals surface area contributed by atoms with Crippen LogP contribution in [-0.4, -0.2) is 27.9 Å². The van der Waals surface area contributed by atoms with Crippen LogP contribution in [0.3, 0.4) is 0 Å². The first-order chi connectivity index (χ1) is 6.95. The molecule has 0 saturated carbocycles. The van der Waals surface area contributed by atoms with E-state index in [0.29, 0.717) is 5.92 Å². The van der Waals surface area contributed by atoms with Gasteiger partial charge < -0.3 is 9.88 Å². The van der Waals surface area contributed by atoms with E-state index in [1.807, 2.05) is 0 Å². The van der Waals surface area contributed by atoms with Gasteiger partial charge in [-0.2, -0.15) is 0 Å². The van der Waals surface area contributed by atoms with Crippen LogP contribution in [0.1, 0.15) is 36.8 Å². The number of fused-ring (bicyclic) bond motifs is 1. The number of nitrogens with zero attached hydrogens (tertiary/aromatic N) is 3. The van der Waals surface area contributed by atoms with Crippen molar-refractivity contribution in [3.8, 4) is 0 Å². The van der Waals surface area contributed by atoms with E-state index in [-0.39, 0.29) is 24.8 Å². The SMILES string of the molecule is C1Cc2nnc(C3CCNCC3)n2C1.Cl.Cl. The van der Waals surface area contributed by atoms with E-state index < -0.39 is 0 Å². The molecule has 1 N–H and O–H groups in total. The molecule has 0 aromatic carbocycles. The first-order valence-corrected chi connectivity index (χ1v) is 5.58. The second kappa shape index (κ2) is 5.84. The standard InChI is InChI=1S/C10H16N4.2ClH/c1-2-9-12-13-10(14(9)7-1)8-3-5-11-6-4-8;;/h8,11H,1-7H2;2*1H. The molecule has 0 bridgehead atoms. The van der Waals surface area contributed by atoms with E-state index in [9.17, 15) is 0 Å². The Bertz CT molecular complexity index is 334. The number of hydrogen-bond donors (Lipinski definition) is 1. The third-order valence-electron chi connectivity index (χ3n) is 3.34. The van der Waals surface area contributed by atoms with Gasteiger partial charge in [0.25, 0.3) is 0 Å². The molecule has 0 atom stereocenters. The zero-order chi connectivity index (χ0) is 9.38. The summed E-state index contributed by atoms with van der Waals surface area (Å²) in [6.45, 7) is 3.40. The largest absolute Gasteiger partial charge is 0.317 e. The van der Waals surface area contributed by atoms with Gasteiger partial charge in [-0.15, -0.1) is 35.0 Å². The lowest BCUT2D eigenvalue weighted by Crippen LogP contribution is -2.28. The lowest BCUT2D eigenvalue weighted by atomic mass is 9.97. The summed E-state index contributed by atoms with van der Waals surface area (Å²) in [6.07, 6.45) is 4.82. The van der Waals surface area contributed by atoms with Gasteiger partial charge in [-0.1, -0.05) is 0 Å². The Morgan fingerprint density at radius 2 is 1.88 bits per heavy atom. The van der Waals surface area contributed by atoms with Crippen LogP contribution in [0.25, 0.3) is 0 Å². The van der Waals surface area contributed by atoms with E-state index in [0.717, 1.165) is 26.1 Å². The van der Waals surface area contributed by atoms with Crippen molar-refractivity contribution in [1.82, 2.24) is 20.1 Å². The van der Waals surface area contributed by atoms with Crippen molar-refractivity contribution in [2.24, 2.45) is 0 Å². The fourth-order valence-corrected chi connectivity index (χ4v) is 2.56.